The Labute approximate surface area is 123 Å². The summed E-state index contributed by atoms with van der Waals surface area (Å²) in [7, 11) is 0. The van der Waals surface area contributed by atoms with Gasteiger partial charge in [0.15, 0.2) is 0 Å². The minimum Gasteiger partial charge on any atom is -0.393 e. The Bertz CT molecular complexity index is 460. The van der Waals surface area contributed by atoms with Gasteiger partial charge in [0.1, 0.15) is 0 Å². The molecule has 0 fully saturated rings. The summed E-state index contributed by atoms with van der Waals surface area (Å²) in [6, 6.07) is 6.26. The maximum absolute atomic E-state index is 11.7. The smallest absolute Gasteiger partial charge is 0.251 e. The standard InChI is InChI=1S/C14H19ClN2O3/c1-9(7-10(2)18)17-13(19)8-16-14(20)11-3-5-12(15)6-4-11/h3-6,9-10,18H,7-8H2,1-2H3,(H,16,20)(H,17,19). The van der Waals surface area contributed by atoms with Gasteiger partial charge in [-0.15, -0.1) is 0 Å². The lowest BCUT2D eigenvalue weighted by atomic mass is 10.1. The summed E-state index contributed by atoms with van der Waals surface area (Å²) in [6.07, 6.45) is -0.00870. The molecule has 0 heterocycles. The molecular weight excluding hydrogens is 280 g/mol. The summed E-state index contributed by atoms with van der Waals surface area (Å²) >= 11 is 5.73. The molecule has 0 aromatic heterocycles. The van der Waals surface area contributed by atoms with Crippen LogP contribution in [-0.2, 0) is 4.79 Å². The summed E-state index contributed by atoms with van der Waals surface area (Å²) in [6.45, 7) is 3.35. The van der Waals surface area contributed by atoms with Crippen LogP contribution in [0.4, 0.5) is 0 Å². The third-order valence-electron chi connectivity index (χ3n) is 2.62. The Morgan fingerprint density at radius 1 is 1.25 bits per heavy atom. The Morgan fingerprint density at radius 2 is 1.85 bits per heavy atom. The number of hydrogen-bond donors (Lipinski definition) is 3. The van der Waals surface area contributed by atoms with Crippen molar-refractivity contribution < 1.29 is 14.7 Å². The molecule has 0 bridgehead atoms. The van der Waals surface area contributed by atoms with E-state index in [0.29, 0.717) is 17.0 Å². The molecule has 5 nitrogen and oxygen atoms in total. The second-order valence-corrected chi connectivity index (χ2v) is 5.18. The van der Waals surface area contributed by atoms with Gasteiger partial charge in [-0.3, -0.25) is 9.59 Å². The Kier molecular flexibility index (Phi) is 6.48. The quantitative estimate of drug-likeness (QED) is 0.742. The molecule has 2 unspecified atom stereocenters. The van der Waals surface area contributed by atoms with E-state index in [4.69, 9.17) is 11.6 Å². The highest BCUT2D eigenvalue weighted by molar-refractivity contribution is 6.30. The highest BCUT2D eigenvalue weighted by Crippen LogP contribution is 2.09. The third-order valence-corrected chi connectivity index (χ3v) is 2.87. The summed E-state index contributed by atoms with van der Waals surface area (Å²) < 4.78 is 0. The fraction of sp³-hybridized carbons (Fsp3) is 0.429. The maximum Gasteiger partial charge on any atom is 0.251 e. The average molecular weight is 299 g/mol. The molecule has 20 heavy (non-hydrogen) atoms. The number of rotatable bonds is 6. The van der Waals surface area contributed by atoms with Gasteiger partial charge in [-0.1, -0.05) is 11.6 Å². The number of amides is 2. The second kappa shape index (κ2) is 7.87. The van der Waals surface area contributed by atoms with Gasteiger partial charge in [0.2, 0.25) is 5.91 Å². The van der Waals surface area contributed by atoms with E-state index in [1.165, 1.54) is 0 Å². The highest BCUT2D eigenvalue weighted by Gasteiger charge is 2.11. The van der Waals surface area contributed by atoms with Gasteiger partial charge in [-0.05, 0) is 44.5 Å². The van der Waals surface area contributed by atoms with E-state index in [0.717, 1.165) is 0 Å². The number of halogens is 1. The van der Waals surface area contributed by atoms with Crippen LogP contribution >= 0.6 is 11.6 Å². The molecule has 0 aliphatic heterocycles. The molecule has 0 saturated heterocycles. The highest BCUT2D eigenvalue weighted by atomic mass is 35.5. The molecular formula is C14H19ClN2O3. The van der Waals surface area contributed by atoms with E-state index in [1.54, 1.807) is 38.1 Å². The Hall–Kier alpha value is -1.59. The zero-order valence-corrected chi connectivity index (χ0v) is 12.3. The molecule has 0 radical (unpaired) electrons. The van der Waals surface area contributed by atoms with Gasteiger partial charge in [-0.25, -0.2) is 0 Å². The molecule has 2 amide bonds. The van der Waals surface area contributed by atoms with Crippen molar-refractivity contribution >= 4 is 23.4 Å². The molecule has 0 spiro atoms. The number of hydrogen-bond acceptors (Lipinski definition) is 3. The molecule has 110 valence electrons. The van der Waals surface area contributed by atoms with Crippen LogP contribution in [0, 0.1) is 0 Å². The third kappa shape index (κ3) is 6.04. The fourth-order valence-corrected chi connectivity index (χ4v) is 1.89. The Balaban J connectivity index is 2.37. The number of carbonyl (C=O) groups excluding carboxylic acids is 2. The van der Waals surface area contributed by atoms with Crippen molar-refractivity contribution in [2.24, 2.45) is 0 Å². The molecule has 1 aromatic carbocycles. The van der Waals surface area contributed by atoms with Gasteiger partial charge < -0.3 is 15.7 Å². The van der Waals surface area contributed by atoms with Gasteiger partial charge in [0.05, 0.1) is 12.6 Å². The normalized spacial score (nSPS) is 13.4. The van der Waals surface area contributed by atoms with Crippen LogP contribution in [0.15, 0.2) is 24.3 Å². The minimum atomic E-state index is -0.478. The summed E-state index contributed by atoms with van der Waals surface area (Å²) in [5, 5.41) is 15.0. The van der Waals surface area contributed by atoms with E-state index in [-0.39, 0.29) is 24.4 Å². The number of carbonyl (C=O) groups is 2. The van der Waals surface area contributed by atoms with Crippen LogP contribution in [0.5, 0.6) is 0 Å². The summed E-state index contributed by atoms with van der Waals surface area (Å²) in [5.41, 5.74) is 0.444. The topological polar surface area (TPSA) is 78.4 Å². The first-order chi connectivity index (χ1) is 9.38. The van der Waals surface area contributed by atoms with Crippen LogP contribution < -0.4 is 10.6 Å². The first-order valence-corrected chi connectivity index (χ1v) is 6.77. The maximum atomic E-state index is 11.7. The van der Waals surface area contributed by atoms with Crippen molar-refractivity contribution in [1.82, 2.24) is 10.6 Å². The van der Waals surface area contributed by atoms with Crippen LogP contribution in [0.3, 0.4) is 0 Å². The van der Waals surface area contributed by atoms with Gasteiger partial charge in [0.25, 0.3) is 5.91 Å². The first kappa shape index (κ1) is 16.5. The summed E-state index contributed by atoms with van der Waals surface area (Å²) in [4.78, 5) is 23.3. The van der Waals surface area contributed by atoms with Crippen molar-refractivity contribution in [1.29, 1.82) is 0 Å². The van der Waals surface area contributed by atoms with Crippen LogP contribution in [0.2, 0.25) is 5.02 Å². The lowest BCUT2D eigenvalue weighted by Crippen LogP contribution is -2.41. The van der Waals surface area contributed by atoms with Crippen molar-refractivity contribution in [3.05, 3.63) is 34.9 Å². The fourth-order valence-electron chi connectivity index (χ4n) is 1.76. The average Bonchev–Trinajstić information content (AvgIpc) is 2.35. The van der Waals surface area contributed by atoms with E-state index in [9.17, 15) is 14.7 Å². The van der Waals surface area contributed by atoms with E-state index >= 15 is 0 Å². The first-order valence-electron chi connectivity index (χ1n) is 6.39. The van der Waals surface area contributed by atoms with E-state index < -0.39 is 6.10 Å². The van der Waals surface area contributed by atoms with Crippen molar-refractivity contribution in [3.63, 3.8) is 0 Å². The van der Waals surface area contributed by atoms with Crippen molar-refractivity contribution in [2.45, 2.75) is 32.4 Å². The predicted molar refractivity (Wildman–Crippen MR) is 77.7 cm³/mol. The number of aliphatic hydroxyl groups is 1. The minimum absolute atomic E-state index is 0.106. The van der Waals surface area contributed by atoms with Gasteiger partial charge in [0, 0.05) is 16.6 Å². The monoisotopic (exact) mass is 298 g/mol. The number of benzene rings is 1. The molecule has 0 saturated carbocycles. The van der Waals surface area contributed by atoms with Gasteiger partial charge in [-0.2, -0.15) is 0 Å². The largest absolute Gasteiger partial charge is 0.393 e. The number of aliphatic hydroxyl groups excluding tert-OH is 1. The van der Waals surface area contributed by atoms with Crippen molar-refractivity contribution in [2.75, 3.05) is 6.54 Å². The molecule has 1 aromatic rings. The molecule has 1 rings (SSSR count). The molecule has 0 aliphatic carbocycles. The lowest BCUT2D eigenvalue weighted by Gasteiger charge is -2.15. The van der Waals surface area contributed by atoms with Crippen LogP contribution in [-0.4, -0.2) is 35.6 Å². The zero-order chi connectivity index (χ0) is 15.1. The Morgan fingerprint density at radius 3 is 2.40 bits per heavy atom. The predicted octanol–water partition coefficient (Wildman–Crippen LogP) is 1.35. The number of nitrogens with one attached hydrogen (secondary N) is 2. The lowest BCUT2D eigenvalue weighted by molar-refractivity contribution is -0.120. The molecule has 2 atom stereocenters. The van der Waals surface area contributed by atoms with Crippen molar-refractivity contribution in [3.8, 4) is 0 Å². The molecule has 0 aliphatic rings. The van der Waals surface area contributed by atoms with Gasteiger partial charge >= 0.3 is 0 Å². The van der Waals surface area contributed by atoms with E-state index in [1.807, 2.05) is 0 Å². The van der Waals surface area contributed by atoms with Crippen LogP contribution in [0.25, 0.3) is 0 Å². The SMILES string of the molecule is CC(O)CC(C)NC(=O)CNC(=O)c1ccc(Cl)cc1. The zero-order valence-electron chi connectivity index (χ0n) is 11.5. The van der Waals surface area contributed by atoms with Crippen LogP contribution in [0.1, 0.15) is 30.6 Å². The second-order valence-electron chi connectivity index (χ2n) is 4.74. The molecule has 6 heteroatoms. The molecule has 3 N–H and O–H groups in total. The van der Waals surface area contributed by atoms with E-state index in [2.05, 4.69) is 10.6 Å². The summed E-state index contributed by atoms with van der Waals surface area (Å²) in [5.74, 6) is -0.625.